The van der Waals surface area contributed by atoms with E-state index in [1.165, 1.54) is 7.11 Å². The topological polar surface area (TPSA) is 89.7 Å². The van der Waals surface area contributed by atoms with Crippen LogP contribution in [0.5, 0.6) is 5.88 Å². The van der Waals surface area contributed by atoms with Crippen LogP contribution in [0.25, 0.3) is 0 Å². The van der Waals surface area contributed by atoms with Crippen molar-refractivity contribution in [2.45, 2.75) is 0 Å². The van der Waals surface area contributed by atoms with E-state index in [-0.39, 0.29) is 12.5 Å². The molecule has 7 heteroatoms. The third-order valence-corrected chi connectivity index (χ3v) is 2.33. The number of hydrogen-bond donors (Lipinski definition) is 2. The SMILES string of the molecule is COc1nccc(N(C)C)c1NC(=O)COCCN. The van der Waals surface area contributed by atoms with Crippen molar-refractivity contribution < 1.29 is 14.3 Å². The number of ether oxygens (including phenoxy) is 2. The van der Waals surface area contributed by atoms with Gasteiger partial charge in [-0.2, -0.15) is 0 Å². The predicted octanol–water partition coefficient (Wildman–Crippen LogP) is 0.0700. The molecule has 1 aromatic heterocycles. The van der Waals surface area contributed by atoms with Gasteiger partial charge in [0, 0.05) is 26.8 Å². The Morgan fingerprint density at radius 1 is 1.53 bits per heavy atom. The molecule has 0 radical (unpaired) electrons. The zero-order chi connectivity index (χ0) is 14.3. The second-order valence-corrected chi connectivity index (χ2v) is 4.00. The number of nitrogens with two attached hydrogens (primary N) is 1. The van der Waals surface area contributed by atoms with Crippen molar-refractivity contribution in [2.75, 3.05) is 51.2 Å². The molecule has 0 aromatic carbocycles. The van der Waals surface area contributed by atoms with Crippen molar-refractivity contribution in [3.63, 3.8) is 0 Å². The van der Waals surface area contributed by atoms with Crippen molar-refractivity contribution in [1.82, 2.24) is 4.98 Å². The highest BCUT2D eigenvalue weighted by Crippen LogP contribution is 2.31. The van der Waals surface area contributed by atoms with Gasteiger partial charge in [-0.25, -0.2) is 4.98 Å². The highest BCUT2D eigenvalue weighted by molar-refractivity contribution is 5.96. The summed E-state index contributed by atoms with van der Waals surface area (Å²) < 4.78 is 10.2. The molecular formula is C12H20N4O3. The van der Waals surface area contributed by atoms with E-state index in [1.807, 2.05) is 19.0 Å². The second-order valence-electron chi connectivity index (χ2n) is 4.00. The first-order valence-electron chi connectivity index (χ1n) is 5.88. The molecule has 3 N–H and O–H groups in total. The van der Waals surface area contributed by atoms with E-state index >= 15 is 0 Å². The van der Waals surface area contributed by atoms with Crippen molar-refractivity contribution >= 4 is 17.3 Å². The van der Waals surface area contributed by atoms with Gasteiger partial charge in [0.1, 0.15) is 12.3 Å². The highest BCUT2D eigenvalue weighted by Gasteiger charge is 2.14. The monoisotopic (exact) mass is 268 g/mol. The minimum absolute atomic E-state index is 0.0535. The average Bonchev–Trinajstić information content (AvgIpc) is 2.39. The molecule has 1 rings (SSSR count). The second kappa shape index (κ2) is 7.55. The number of amides is 1. The largest absolute Gasteiger partial charge is 0.479 e. The fraction of sp³-hybridized carbons (Fsp3) is 0.500. The van der Waals surface area contributed by atoms with Crippen LogP contribution in [-0.4, -0.2) is 51.9 Å². The predicted molar refractivity (Wildman–Crippen MR) is 73.6 cm³/mol. The van der Waals surface area contributed by atoms with Gasteiger partial charge in [-0.3, -0.25) is 4.79 Å². The number of pyridine rings is 1. The van der Waals surface area contributed by atoms with Crippen LogP contribution in [0.3, 0.4) is 0 Å². The number of hydrogen-bond acceptors (Lipinski definition) is 6. The van der Waals surface area contributed by atoms with Gasteiger partial charge in [-0.05, 0) is 6.07 Å². The summed E-state index contributed by atoms with van der Waals surface area (Å²) in [6, 6.07) is 1.79. The van der Waals surface area contributed by atoms with Crippen LogP contribution >= 0.6 is 0 Å². The van der Waals surface area contributed by atoms with Crippen molar-refractivity contribution in [1.29, 1.82) is 0 Å². The van der Waals surface area contributed by atoms with Gasteiger partial charge in [0.2, 0.25) is 5.88 Å². The summed E-state index contributed by atoms with van der Waals surface area (Å²) in [7, 11) is 5.24. The molecule has 7 nitrogen and oxygen atoms in total. The van der Waals surface area contributed by atoms with E-state index in [0.717, 1.165) is 5.69 Å². The van der Waals surface area contributed by atoms with Crippen LogP contribution in [0.1, 0.15) is 0 Å². The molecule has 19 heavy (non-hydrogen) atoms. The van der Waals surface area contributed by atoms with E-state index in [9.17, 15) is 4.79 Å². The molecule has 0 aliphatic rings. The van der Waals surface area contributed by atoms with Crippen LogP contribution in [0, 0.1) is 0 Å². The molecule has 0 fully saturated rings. The number of nitrogens with one attached hydrogen (secondary N) is 1. The van der Waals surface area contributed by atoms with Crippen molar-refractivity contribution in [3.8, 4) is 5.88 Å². The molecule has 0 saturated heterocycles. The van der Waals surface area contributed by atoms with E-state index in [2.05, 4.69) is 10.3 Å². The molecule has 0 aliphatic carbocycles. The Morgan fingerprint density at radius 2 is 2.26 bits per heavy atom. The Balaban J connectivity index is 2.83. The molecule has 1 aromatic rings. The number of nitrogens with zero attached hydrogens (tertiary/aromatic N) is 2. The quantitative estimate of drug-likeness (QED) is 0.680. The smallest absolute Gasteiger partial charge is 0.250 e. The molecule has 0 spiro atoms. The zero-order valence-electron chi connectivity index (χ0n) is 11.5. The number of methoxy groups -OCH3 is 1. The summed E-state index contributed by atoms with van der Waals surface area (Å²) in [5.74, 6) is 0.0845. The number of anilines is 2. The van der Waals surface area contributed by atoms with E-state index in [1.54, 1.807) is 12.3 Å². The Morgan fingerprint density at radius 3 is 2.84 bits per heavy atom. The van der Waals surface area contributed by atoms with E-state index in [4.69, 9.17) is 15.2 Å². The number of rotatable bonds is 7. The number of aromatic nitrogens is 1. The molecule has 0 saturated carbocycles. The van der Waals surface area contributed by atoms with Gasteiger partial charge in [0.15, 0.2) is 0 Å². The van der Waals surface area contributed by atoms with Crippen LogP contribution in [0.4, 0.5) is 11.4 Å². The Labute approximate surface area is 112 Å². The van der Waals surface area contributed by atoms with Crippen LogP contribution in [-0.2, 0) is 9.53 Å². The van der Waals surface area contributed by atoms with Gasteiger partial charge in [0.25, 0.3) is 5.91 Å². The Kier molecular flexibility index (Phi) is 6.04. The van der Waals surface area contributed by atoms with Gasteiger partial charge >= 0.3 is 0 Å². The molecular weight excluding hydrogens is 248 g/mol. The molecule has 1 amide bonds. The third-order valence-electron chi connectivity index (χ3n) is 2.33. The average molecular weight is 268 g/mol. The van der Waals surface area contributed by atoms with E-state index < -0.39 is 0 Å². The van der Waals surface area contributed by atoms with Crippen LogP contribution in [0.15, 0.2) is 12.3 Å². The summed E-state index contributed by atoms with van der Waals surface area (Å²) in [6.07, 6.45) is 1.62. The maximum absolute atomic E-state index is 11.8. The first kappa shape index (κ1) is 15.2. The molecule has 1 heterocycles. The lowest BCUT2D eigenvalue weighted by atomic mass is 10.3. The lowest BCUT2D eigenvalue weighted by Gasteiger charge is -2.19. The molecule has 0 bridgehead atoms. The minimum atomic E-state index is -0.275. The molecule has 106 valence electrons. The maximum atomic E-state index is 11.8. The molecule has 0 unspecified atom stereocenters. The third kappa shape index (κ3) is 4.38. The van der Waals surface area contributed by atoms with Crippen LogP contribution in [0.2, 0.25) is 0 Å². The summed E-state index contributed by atoms with van der Waals surface area (Å²) in [5, 5.41) is 2.74. The zero-order valence-corrected chi connectivity index (χ0v) is 11.5. The first-order valence-corrected chi connectivity index (χ1v) is 5.88. The Hall–Kier alpha value is -1.86. The standard InChI is InChI=1S/C12H20N4O3/c1-16(2)9-4-6-14-12(18-3)11(9)15-10(17)8-19-7-5-13/h4,6H,5,7-8,13H2,1-3H3,(H,15,17). The Bertz CT molecular complexity index is 423. The van der Waals surface area contributed by atoms with Gasteiger partial charge in [0.05, 0.1) is 19.4 Å². The summed E-state index contributed by atoms with van der Waals surface area (Å²) >= 11 is 0. The summed E-state index contributed by atoms with van der Waals surface area (Å²) in [6.45, 7) is 0.673. The van der Waals surface area contributed by atoms with Crippen molar-refractivity contribution in [2.24, 2.45) is 5.73 Å². The fourth-order valence-corrected chi connectivity index (χ4v) is 1.50. The lowest BCUT2D eigenvalue weighted by molar-refractivity contribution is -0.120. The number of carbonyl (C=O) groups is 1. The first-order chi connectivity index (χ1) is 9.10. The highest BCUT2D eigenvalue weighted by atomic mass is 16.5. The fourth-order valence-electron chi connectivity index (χ4n) is 1.50. The van der Waals surface area contributed by atoms with Crippen molar-refractivity contribution in [3.05, 3.63) is 12.3 Å². The van der Waals surface area contributed by atoms with E-state index in [0.29, 0.717) is 24.7 Å². The van der Waals surface area contributed by atoms with Crippen LogP contribution < -0.4 is 20.7 Å². The minimum Gasteiger partial charge on any atom is -0.479 e. The molecule has 0 atom stereocenters. The maximum Gasteiger partial charge on any atom is 0.250 e. The van der Waals surface area contributed by atoms with Gasteiger partial charge in [-0.1, -0.05) is 0 Å². The number of carbonyl (C=O) groups excluding carboxylic acids is 1. The normalized spacial score (nSPS) is 10.1. The summed E-state index contributed by atoms with van der Waals surface area (Å²) in [4.78, 5) is 17.7. The lowest BCUT2D eigenvalue weighted by Crippen LogP contribution is -2.23. The van der Waals surface area contributed by atoms with Gasteiger partial charge in [-0.15, -0.1) is 0 Å². The molecule has 0 aliphatic heterocycles. The summed E-state index contributed by atoms with van der Waals surface area (Å²) in [5.41, 5.74) is 6.61. The van der Waals surface area contributed by atoms with Gasteiger partial charge < -0.3 is 25.4 Å².